The molecule has 2 aliphatic rings. The van der Waals surface area contributed by atoms with E-state index in [-0.39, 0.29) is 12.7 Å². The molecule has 1 aromatic carbocycles. The molecular formula is C20H25FN4O5. The first kappa shape index (κ1) is 21.5. The first-order valence-corrected chi connectivity index (χ1v) is 9.92. The standard InChI is InChI=1S/C20H25FN4O5/c1-3-29-18(27)15-16(13-5-7-14(21)8-6-13)22-19(23-17(15)26)24-9-11-25(12-10-24)20(28)30-4-2/h5-8,15-16H,3-4,9-12H2,1-2H3,(H,22,23,26)/t15-,16+/m0/s1. The number of nitrogens with zero attached hydrogens (tertiary/aromatic N) is 3. The number of piperazine rings is 1. The van der Waals surface area contributed by atoms with Gasteiger partial charge in [0.15, 0.2) is 5.92 Å². The van der Waals surface area contributed by atoms with Gasteiger partial charge in [-0.05, 0) is 31.5 Å². The van der Waals surface area contributed by atoms with Crippen molar-refractivity contribution in [2.24, 2.45) is 10.9 Å². The van der Waals surface area contributed by atoms with Crippen LogP contribution < -0.4 is 5.32 Å². The number of hydrogen-bond acceptors (Lipinski definition) is 7. The lowest BCUT2D eigenvalue weighted by molar-refractivity contribution is -0.153. The van der Waals surface area contributed by atoms with Crippen molar-refractivity contribution in [2.45, 2.75) is 19.9 Å². The van der Waals surface area contributed by atoms with E-state index in [9.17, 15) is 18.8 Å². The molecule has 0 unspecified atom stereocenters. The van der Waals surface area contributed by atoms with Crippen LogP contribution in [0.4, 0.5) is 9.18 Å². The number of esters is 1. The second-order valence-corrected chi connectivity index (χ2v) is 6.84. The van der Waals surface area contributed by atoms with E-state index in [0.29, 0.717) is 44.3 Å². The van der Waals surface area contributed by atoms with Crippen LogP contribution in [-0.2, 0) is 19.1 Å². The van der Waals surface area contributed by atoms with Crippen LogP contribution in [0.5, 0.6) is 0 Å². The number of rotatable bonds is 4. The van der Waals surface area contributed by atoms with Gasteiger partial charge in [0.25, 0.3) is 0 Å². The van der Waals surface area contributed by atoms with Crippen LogP contribution in [0.1, 0.15) is 25.5 Å². The Morgan fingerprint density at radius 3 is 2.33 bits per heavy atom. The topological polar surface area (TPSA) is 101 Å². The average Bonchev–Trinajstić information content (AvgIpc) is 2.74. The third-order valence-electron chi connectivity index (χ3n) is 4.95. The van der Waals surface area contributed by atoms with Gasteiger partial charge in [0.1, 0.15) is 11.9 Å². The van der Waals surface area contributed by atoms with E-state index in [4.69, 9.17) is 9.47 Å². The van der Waals surface area contributed by atoms with Crippen molar-refractivity contribution in [1.82, 2.24) is 15.1 Å². The number of halogens is 1. The summed E-state index contributed by atoms with van der Waals surface area (Å²) in [6.07, 6.45) is -0.377. The lowest BCUT2D eigenvalue weighted by Crippen LogP contribution is -2.58. The highest BCUT2D eigenvalue weighted by Crippen LogP contribution is 2.31. The van der Waals surface area contributed by atoms with E-state index >= 15 is 0 Å². The molecular weight excluding hydrogens is 395 g/mol. The molecule has 0 bridgehead atoms. The summed E-state index contributed by atoms with van der Waals surface area (Å²) in [5, 5.41) is 2.68. The van der Waals surface area contributed by atoms with E-state index < -0.39 is 29.7 Å². The van der Waals surface area contributed by atoms with Gasteiger partial charge in [-0.2, -0.15) is 0 Å². The number of carbonyl (C=O) groups is 3. The van der Waals surface area contributed by atoms with Crippen LogP contribution in [0.3, 0.4) is 0 Å². The van der Waals surface area contributed by atoms with Gasteiger partial charge in [0, 0.05) is 26.2 Å². The van der Waals surface area contributed by atoms with E-state index in [1.54, 1.807) is 18.7 Å². The Morgan fingerprint density at radius 1 is 1.10 bits per heavy atom. The number of ether oxygens (including phenoxy) is 2. The third-order valence-corrected chi connectivity index (χ3v) is 4.95. The molecule has 0 aromatic heterocycles. The maximum Gasteiger partial charge on any atom is 0.409 e. The predicted molar refractivity (Wildman–Crippen MR) is 105 cm³/mol. The number of hydrogen-bond donors (Lipinski definition) is 1. The summed E-state index contributed by atoms with van der Waals surface area (Å²) < 4.78 is 23.4. The van der Waals surface area contributed by atoms with Gasteiger partial charge in [-0.1, -0.05) is 12.1 Å². The van der Waals surface area contributed by atoms with Gasteiger partial charge in [0.2, 0.25) is 11.9 Å². The quantitative estimate of drug-likeness (QED) is 0.582. The van der Waals surface area contributed by atoms with E-state index in [1.165, 1.54) is 24.3 Å². The maximum absolute atomic E-state index is 13.4. The van der Waals surface area contributed by atoms with Crippen LogP contribution in [0.15, 0.2) is 29.3 Å². The first-order chi connectivity index (χ1) is 14.4. The minimum Gasteiger partial charge on any atom is -0.465 e. The Bertz CT molecular complexity index is 821. The zero-order valence-electron chi connectivity index (χ0n) is 17.0. The highest BCUT2D eigenvalue weighted by Gasteiger charge is 2.42. The molecule has 0 spiro atoms. The molecule has 10 heteroatoms. The molecule has 1 saturated heterocycles. The van der Waals surface area contributed by atoms with Crippen molar-refractivity contribution in [2.75, 3.05) is 39.4 Å². The second-order valence-electron chi connectivity index (χ2n) is 6.84. The smallest absolute Gasteiger partial charge is 0.409 e. The van der Waals surface area contributed by atoms with Gasteiger partial charge < -0.3 is 19.3 Å². The molecule has 1 fully saturated rings. The molecule has 0 radical (unpaired) electrons. The van der Waals surface area contributed by atoms with Gasteiger partial charge in [-0.3, -0.25) is 14.9 Å². The fourth-order valence-corrected chi connectivity index (χ4v) is 3.44. The summed E-state index contributed by atoms with van der Waals surface area (Å²) in [5.41, 5.74) is 0.534. The fraction of sp³-hybridized carbons (Fsp3) is 0.500. The molecule has 9 nitrogen and oxygen atoms in total. The number of amides is 2. The Kier molecular flexibility index (Phi) is 6.86. The van der Waals surface area contributed by atoms with Crippen molar-refractivity contribution in [1.29, 1.82) is 0 Å². The fourth-order valence-electron chi connectivity index (χ4n) is 3.44. The molecule has 2 amide bonds. The van der Waals surface area contributed by atoms with Crippen LogP contribution in [-0.4, -0.2) is 73.1 Å². The lowest BCUT2D eigenvalue weighted by atomic mass is 9.91. The largest absolute Gasteiger partial charge is 0.465 e. The predicted octanol–water partition coefficient (Wildman–Crippen LogP) is 1.31. The summed E-state index contributed by atoms with van der Waals surface area (Å²) in [4.78, 5) is 45.1. The lowest BCUT2D eigenvalue weighted by Gasteiger charge is -2.38. The minimum atomic E-state index is -1.17. The number of aliphatic imine (C=N–C) groups is 1. The van der Waals surface area contributed by atoms with Crippen molar-refractivity contribution in [3.05, 3.63) is 35.6 Å². The second kappa shape index (κ2) is 9.55. The summed E-state index contributed by atoms with van der Waals surface area (Å²) in [7, 11) is 0. The van der Waals surface area contributed by atoms with Crippen LogP contribution in [0, 0.1) is 11.7 Å². The molecule has 30 heavy (non-hydrogen) atoms. The Morgan fingerprint density at radius 2 is 1.73 bits per heavy atom. The number of nitrogens with one attached hydrogen (secondary N) is 1. The molecule has 3 rings (SSSR count). The summed E-state index contributed by atoms with van der Waals surface area (Å²) in [6, 6.07) is 4.70. The highest BCUT2D eigenvalue weighted by molar-refractivity contribution is 6.08. The summed E-state index contributed by atoms with van der Waals surface area (Å²) >= 11 is 0. The minimum absolute atomic E-state index is 0.130. The number of benzene rings is 1. The van der Waals surface area contributed by atoms with E-state index in [2.05, 4.69) is 10.3 Å². The van der Waals surface area contributed by atoms with E-state index in [1.807, 2.05) is 4.90 Å². The first-order valence-electron chi connectivity index (χ1n) is 9.92. The monoisotopic (exact) mass is 420 g/mol. The highest BCUT2D eigenvalue weighted by atomic mass is 19.1. The van der Waals surface area contributed by atoms with E-state index in [0.717, 1.165) is 0 Å². The Balaban J connectivity index is 1.82. The molecule has 2 aliphatic heterocycles. The van der Waals surface area contributed by atoms with Crippen molar-refractivity contribution < 1.29 is 28.2 Å². The van der Waals surface area contributed by atoms with Crippen LogP contribution >= 0.6 is 0 Å². The number of guanidine groups is 1. The van der Waals surface area contributed by atoms with Gasteiger partial charge in [-0.15, -0.1) is 0 Å². The molecule has 1 aromatic rings. The molecule has 2 atom stereocenters. The molecule has 162 valence electrons. The average molecular weight is 420 g/mol. The normalized spacial score (nSPS) is 21.6. The van der Waals surface area contributed by atoms with Gasteiger partial charge in [0.05, 0.1) is 13.2 Å². The third kappa shape index (κ3) is 4.69. The number of carbonyl (C=O) groups excluding carboxylic acids is 3. The Hall–Kier alpha value is -3.17. The van der Waals surface area contributed by atoms with Crippen LogP contribution in [0.2, 0.25) is 0 Å². The van der Waals surface area contributed by atoms with Crippen molar-refractivity contribution >= 4 is 23.9 Å². The Labute approximate surface area is 173 Å². The van der Waals surface area contributed by atoms with Gasteiger partial charge in [-0.25, -0.2) is 14.2 Å². The summed E-state index contributed by atoms with van der Waals surface area (Å²) in [6.45, 7) is 5.55. The molecule has 0 saturated carbocycles. The molecule has 0 aliphatic carbocycles. The van der Waals surface area contributed by atoms with Crippen molar-refractivity contribution in [3.63, 3.8) is 0 Å². The summed E-state index contributed by atoms with van der Waals surface area (Å²) in [5.74, 6) is -2.48. The molecule has 1 N–H and O–H groups in total. The van der Waals surface area contributed by atoms with Crippen LogP contribution in [0.25, 0.3) is 0 Å². The zero-order chi connectivity index (χ0) is 21.7. The molecule has 2 heterocycles. The van der Waals surface area contributed by atoms with Gasteiger partial charge >= 0.3 is 12.1 Å². The van der Waals surface area contributed by atoms with Crippen molar-refractivity contribution in [3.8, 4) is 0 Å². The zero-order valence-corrected chi connectivity index (χ0v) is 17.0. The maximum atomic E-state index is 13.4. The SMILES string of the molecule is CCOC(=O)[C@@H]1C(=O)NC(N2CCN(C(=O)OCC)CC2)=N[C@@H]1c1ccc(F)cc1.